The van der Waals surface area contributed by atoms with Gasteiger partial charge >= 0.3 is 0 Å². The highest BCUT2D eigenvalue weighted by molar-refractivity contribution is 7.92. The first-order valence-electron chi connectivity index (χ1n) is 7.86. The third-order valence-corrected chi connectivity index (χ3v) is 5.36. The topological polar surface area (TPSA) is 93.5 Å². The fraction of sp³-hybridized carbons (Fsp3) is 0.167. The lowest BCUT2D eigenvalue weighted by molar-refractivity contribution is 0.390. The average Bonchev–Trinajstić information content (AvgIpc) is 2.96. The molecule has 0 aliphatic rings. The molecule has 26 heavy (non-hydrogen) atoms. The van der Waals surface area contributed by atoms with Gasteiger partial charge in [-0.05, 0) is 50.2 Å². The molecule has 0 saturated heterocycles. The first-order valence-corrected chi connectivity index (χ1v) is 9.34. The van der Waals surface area contributed by atoms with E-state index in [1.165, 1.54) is 0 Å². The van der Waals surface area contributed by atoms with Crippen LogP contribution < -0.4 is 14.8 Å². The molecule has 3 aromatic rings. The van der Waals surface area contributed by atoms with E-state index in [0.29, 0.717) is 11.4 Å². The molecule has 7 nitrogen and oxygen atoms in total. The van der Waals surface area contributed by atoms with E-state index in [0.717, 1.165) is 17.1 Å². The van der Waals surface area contributed by atoms with Crippen molar-refractivity contribution in [3.8, 4) is 5.75 Å². The highest BCUT2D eigenvalue weighted by Gasteiger charge is 2.24. The van der Waals surface area contributed by atoms with Crippen LogP contribution in [0, 0.1) is 13.8 Å². The summed E-state index contributed by atoms with van der Waals surface area (Å²) in [6.07, 6.45) is 0. The third-order valence-electron chi connectivity index (χ3n) is 3.73. The second-order valence-electron chi connectivity index (χ2n) is 5.69. The van der Waals surface area contributed by atoms with Gasteiger partial charge in [-0.3, -0.25) is 4.72 Å². The molecule has 1 aromatic heterocycles. The highest BCUT2D eigenvalue weighted by Crippen LogP contribution is 2.25. The second kappa shape index (κ2) is 7.09. The zero-order valence-corrected chi connectivity index (χ0v) is 15.4. The molecule has 0 aliphatic carbocycles. The summed E-state index contributed by atoms with van der Waals surface area (Å²) in [5.74, 6) is 1.00. The van der Waals surface area contributed by atoms with Gasteiger partial charge < -0.3 is 14.6 Å². The molecule has 3 rings (SSSR count). The van der Waals surface area contributed by atoms with Crippen molar-refractivity contribution in [2.24, 2.45) is 0 Å². The Kier molecular flexibility index (Phi) is 4.85. The Hall–Kier alpha value is -3.00. The van der Waals surface area contributed by atoms with E-state index in [2.05, 4.69) is 15.2 Å². The number of hydrogen-bond acceptors (Lipinski definition) is 6. The van der Waals surface area contributed by atoms with E-state index in [1.54, 1.807) is 45.2 Å². The van der Waals surface area contributed by atoms with Gasteiger partial charge in [-0.1, -0.05) is 11.2 Å². The van der Waals surface area contributed by atoms with Crippen molar-refractivity contribution in [3.63, 3.8) is 0 Å². The van der Waals surface area contributed by atoms with Gasteiger partial charge in [0.15, 0.2) is 10.7 Å². The molecule has 1 heterocycles. The highest BCUT2D eigenvalue weighted by atomic mass is 32.2. The lowest BCUT2D eigenvalue weighted by atomic mass is 10.2. The van der Waals surface area contributed by atoms with E-state index < -0.39 is 10.0 Å². The van der Waals surface area contributed by atoms with Crippen LogP contribution in [0.2, 0.25) is 0 Å². The molecule has 0 bridgehead atoms. The molecule has 0 aliphatic heterocycles. The standard InChI is InChI=1S/C18H19N3O4S/c1-12-18(13(2)25-20-12)26(22,23)21-15-9-7-14(8-10-15)19-16-5-4-6-17(11-16)24-3/h4-11,19,21H,1-3H3. The molecule has 0 radical (unpaired) electrons. The Morgan fingerprint density at radius 2 is 1.69 bits per heavy atom. The van der Waals surface area contributed by atoms with Gasteiger partial charge in [0.2, 0.25) is 0 Å². The summed E-state index contributed by atoms with van der Waals surface area (Å²) >= 11 is 0. The second-order valence-corrected chi connectivity index (χ2v) is 7.31. The van der Waals surface area contributed by atoms with Gasteiger partial charge in [-0.15, -0.1) is 0 Å². The number of aromatic nitrogens is 1. The zero-order chi connectivity index (χ0) is 18.7. The summed E-state index contributed by atoms with van der Waals surface area (Å²) < 4.78 is 37.7. The molecule has 2 N–H and O–H groups in total. The van der Waals surface area contributed by atoms with E-state index in [9.17, 15) is 8.42 Å². The molecule has 0 saturated carbocycles. The van der Waals surface area contributed by atoms with Crippen molar-refractivity contribution in [1.29, 1.82) is 0 Å². The summed E-state index contributed by atoms with van der Waals surface area (Å²) in [5, 5.41) is 6.92. The maximum Gasteiger partial charge on any atom is 0.267 e. The molecule has 0 spiro atoms. The van der Waals surface area contributed by atoms with Crippen molar-refractivity contribution < 1.29 is 17.7 Å². The van der Waals surface area contributed by atoms with Gasteiger partial charge in [0, 0.05) is 23.1 Å². The summed E-state index contributed by atoms with van der Waals surface area (Å²) in [4.78, 5) is 0.0658. The molecule has 0 atom stereocenters. The maximum absolute atomic E-state index is 12.5. The van der Waals surface area contributed by atoms with Gasteiger partial charge in [-0.25, -0.2) is 8.42 Å². The van der Waals surface area contributed by atoms with Crippen molar-refractivity contribution in [2.75, 3.05) is 17.1 Å². The predicted octanol–water partition coefficient (Wildman–Crippen LogP) is 3.84. The first kappa shape index (κ1) is 17.8. The zero-order valence-electron chi connectivity index (χ0n) is 14.6. The molecule has 0 unspecified atom stereocenters. The van der Waals surface area contributed by atoms with Crippen molar-refractivity contribution >= 4 is 27.1 Å². The Morgan fingerprint density at radius 3 is 2.31 bits per heavy atom. The quantitative estimate of drug-likeness (QED) is 0.682. The number of hydrogen-bond donors (Lipinski definition) is 2. The molecule has 136 valence electrons. The number of nitrogens with one attached hydrogen (secondary N) is 2. The minimum Gasteiger partial charge on any atom is -0.497 e. The largest absolute Gasteiger partial charge is 0.497 e. The van der Waals surface area contributed by atoms with Gasteiger partial charge in [0.25, 0.3) is 10.0 Å². The molecular formula is C18H19N3O4S. The monoisotopic (exact) mass is 373 g/mol. The van der Waals surface area contributed by atoms with Crippen LogP contribution in [0.15, 0.2) is 57.9 Å². The summed E-state index contributed by atoms with van der Waals surface area (Å²) in [6.45, 7) is 3.15. The lowest BCUT2D eigenvalue weighted by Crippen LogP contribution is -2.14. The van der Waals surface area contributed by atoms with Crippen molar-refractivity contribution in [1.82, 2.24) is 5.16 Å². The number of sulfonamides is 1. The van der Waals surface area contributed by atoms with Crippen molar-refractivity contribution in [3.05, 3.63) is 60.0 Å². The Labute approximate surface area is 152 Å². The van der Waals surface area contributed by atoms with E-state index >= 15 is 0 Å². The van der Waals surface area contributed by atoms with Crippen LogP contribution in [-0.2, 0) is 10.0 Å². The Balaban J connectivity index is 1.75. The third kappa shape index (κ3) is 3.80. The smallest absolute Gasteiger partial charge is 0.267 e. The Morgan fingerprint density at radius 1 is 1.00 bits per heavy atom. The Bertz CT molecular complexity index is 992. The number of aryl methyl sites for hydroxylation is 2. The molecule has 2 aromatic carbocycles. The molecule has 0 fully saturated rings. The number of rotatable bonds is 6. The predicted molar refractivity (Wildman–Crippen MR) is 99.5 cm³/mol. The molecular weight excluding hydrogens is 354 g/mol. The van der Waals surface area contributed by atoms with E-state index in [4.69, 9.17) is 9.26 Å². The van der Waals surface area contributed by atoms with Crippen LogP contribution in [0.1, 0.15) is 11.5 Å². The normalized spacial score (nSPS) is 11.2. The lowest BCUT2D eigenvalue weighted by Gasteiger charge is -2.10. The SMILES string of the molecule is COc1cccc(Nc2ccc(NS(=O)(=O)c3c(C)noc3C)cc2)c1. The summed E-state index contributed by atoms with van der Waals surface area (Å²) in [7, 11) is -2.15. The van der Waals surface area contributed by atoms with Gasteiger partial charge in [0.1, 0.15) is 11.4 Å². The maximum atomic E-state index is 12.5. The van der Waals surface area contributed by atoms with Crippen LogP contribution in [0.25, 0.3) is 0 Å². The molecule has 8 heteroatoms. The fourth-order valence-corrected chi connectivity index (χ4v) is 3.94. The summed E-state index contributed by atoms with van der Waals surface area (Å²) in [6, 6.07) is 14.4. The number of nitrogens with zero attached hydrogens (tertiary/aromatic N) is 1. The van der Waals surface area contributed by atoms with Crippen LogP contribution in [0.3, 0.4) is 0 Å². The average molecular weight is 373 g/mol. The van der Waals surface area contributed by atoms with Gasteiger partial charge in [-0.2, -0.15) is 0 Å². The van der Waals surface area contributed by atoms with Crippen LogP contribution >= 0.6 is 0 Å². The fourth-order valence-electron chi connectivity index (χ4n) is 2.55. The van der Waals surface area contributed by atoms with Crippen molar-refractivity contribution in [2.45, 2.75) is 18.7 Å². The van der Waals surface area contributed by atoms with E-state index in [1.807, 2.05) is 24.3 Å². The number of anilines is 3. The minimum absolute atomic E-state index is 0.0658. The number of ether oxygens (including phenoxy) is 1. The van der Waals surface area contributed by atoms with Crippen LogP contribution in [0.5, 0.6) is 5.75 Å². The minimum atomic E-state index is -3.76. The first-order chi connectivity index (χ1) is 12.4. The summed E-state index contributed by atoms with van der Waals surface area (Å²) in [5.41, 5.74) is 2.46. The van der Waals surface area contributed by atoms with Crippen LogP contribution in [0.4, 0.5) is 17.1 Å². The molecule has 0 amide bonds. The van der Waals surface area contributed by atoms with Gasteiger partial charge in [0.05, 0.1) is 7.11 Å². The number of methoxy groups -OCH3 is 1. The van der Waals surface area contributed by atoms with Crippen LogP contribution in [-0.4, -0.2) is 20.7 Å². The number of benzene rings is 2. The van der Waals surface area contributed by atoms with E-state index in [-0.39, 0.29) is 10.7 Å².